The zero-order valence-electron chi connectivity index (χ0n) is 14.7. The molecule has 122 valence electrons. The third-order valence-electron chi connectivity index (χ3n) is 3.83. The topological polar surface area (TPSA) is 27.8 Å². The van der Waals surface area contributed by atoms with Gasteiger partial charge in [-0.15, -0.1) is 0 Å². The highest BCUT2D eigenvalue weighted by atomic mass is 14.8. The standard InChI is InChI=1S/C21H28N2/c1-7-17(8-2)19(15-16(5)22-6)12-11-18(9-3)20-13-14-23-21(20)10-4/h7-10,12-15,22-23H,1,3,11H2,2,4-6H3/b16-15+,17-8-,19-12-,20-18+,21-10+. The smallest absolute Gasteiger partial charge is 0.0413 e. The van der Waals surface area contributed by atoms with Crippen LogP contribution in [0.25, 0.3) is 11.6 Å². The van der Waals surface area contributed by atoms with Gasteiger partial charge in [-0.2, -0.15) is 0 Å². The van der Waals surface area contributed by atoms with Crippen LogP contribution in [-0.4, -0.2) is 12.0 Å². The van der Waals surface area contributed by atoms with Crippen LogP contribution in [0.15, 0.2) is 72.6 Å². The van der Waals surface area contributed by atoms with Crippen molar-refractivity contribution in [2.24, 2.45) is 0 Å². The predicted molar refractivity (Wildman–Crippen MR) is 103 cm³/mol. The Morgan fingerprint density at radius 2 is 1.96 bits per heavy atom. The number of hydrogen-bond donors (Lipinski definition) is 2. The Hall–Kier alpha value is -2.48. The zero-order chi connectivity index (χ0) is 17.2. The molecule has 0 spiro atoms. The molecule has 2 heteroatoms. The van der Waals surface area contributed by atoms with Crippen molar-refractivity contribution in [1.29, 1.82) is 0 Å². The fourth-order valence-corrected chi connectivity index (χ4v) is 2.39. The molecule has 0 aliphatic carbocycles. The van der Waals surface area contributed by atoms with Crippen LogP contribution in [0.5, 0.6) is 0 Å². The molecule has 0 atom stereocenters. The number of aromatic nitrogens is 1. The van der Waals surface area contributed by atoms with Crippen molar-refractivity contribution in [3.63, 3.8) is 0 Å². The first-order chi connectivity index (χ1) is 11.1. The summed E-state index contributed by atoms with van der Waals surface area (Å²) in [5, 5.41) is 5.50. The van der Waals surface area contributed by atoms with Gasteiger partial charge in [-0.1, -0.05) is 43.5 Å². The lowest BCUT2D eigenvalue weighted by Gasteiger charge is -2.07. The molecule has 1 rings (SSSR count). The molecule has 0 fully saturated rings. The molecule has 0 bridgehead atoms. The van der Waals surface area contributed by atoms with Crippen molar-refractivity contribution in [2.45, 2.75) is 27.2 Å². The Bertz CT molecular complexity index is 752. The quantitative estimate of drug-likeness (QED) is 0.738. The summed E-state index contributed by atoms with van der Waals surface area (Å²) in [5.41, 5.74) is 4.60. The van der Waals surface area contributed by atoms with Crippen LogP contribution in [0.3, 0.4) is 0 Å². The monoisotopic (exact) mass is 308 g/mol. The summed E-state index contributed by atoms with van der Waals surface area (Å²) in [6.45, 7) is 14.0. The highest BCUT2D eigenvalue weighted by Gasteiger charge is 2.01. The van der Waals surface area contributed by atoms with Crippen molar-refractivity contribution in [2.75, 3.05) is 7.05 Å². The van der Waals surface area contributed by atoms with E-state index in [1.807, 2.05) is 39.2 Å². The highest BCUT2D eigenvalue weighted by Crippen LogP contribution is 2.17. The Balaban J connectivity index is 3.36. The second-order valence-electron chi connectivity index (χ2n) is 5.21. The predicted octanol–water partition coefficient (Wildman–Crippen LogP) is 3.72. The van der Waals surface area contributed by atoms with Crippen molar-refractivity contribution >= 4 is 11.6 Å². The molecule has 1 aromatic heterocycles. The number of hydrogen-bond acceptors (Lipinski definition) is 1. The van der Waals surface area contributed by atoms with Crippen molar-refractivity contribution < 1.29 is 0 Å². The first-order valence-corrected chi connectivity index (χ1v) is 7.91. The molecule has 0 aliphatic heterocycles. The third kappa shape index (κ3) is 5.03. The lowest BCUT2D eigenvalue weighted by molar-refractivity contribution is 0.986. The van der Waals surface area contributed by atoms with Gasteiger partial charge in [0.1, 0.15) is 0 Å². The largest absolute Gasteiger partial charge is 0.392 e. The average Bonchev–Trinajstić information content (AvgIpc) is 3.04. The minimum atomic E-state index is 0.816. The number of aromatic amines is 1. The molecular formula is C21H28N2. The minimum absolute atomic E-state index is 0.816. The lowest BCUT2D eigenvalue weighted by Crippen LogP contribution is -2.23. The van der Waals surface area contributed by atoms with E-state index in [2.05, 4.69) is 60.8 Å². The number of rotatable bonds is 7. The minimum Gasteiger partial charge on any atom is -0.392 e. The summed E-state index contributed by atoms with van der Waals surface area (Å²) >= 11 is 0. The Labute approximate surface area is 140 Å². The van der Waals surface area contributed by atoms with Crippen molar-refractivity contribution in [3.05, 3.63) is 83.2 Å². The van der Waals surface area contributed by atoms with Crippen LogP contribution >= 0.6 is 0 Å². The zero-order valence-corrected chi connectivity index (χ0v) is 14.7. The number of nitrogens with one attached hydrogen (secondary N) is 2. The summed E-state index contributed by atoms with van der Waals surface area (Å²) < 4.78 is 0. The van der Waals surface area contributed by atoms with Gasteiger partial charge in [-0.25, -0.2) is 0 Å². The van der Waals surface area contributed by atoms with E-state index in [0.717, 1.165) is 28.6 Å². The first-order valence-electron chi connectivity index (χ1n) is 7.91. The van der Waals surface area contributed by atoms with Gasteiger partial charge in [-0.3, -0.25) is 0 Å². The maximum absolute atomic E-state index is 3.98. The molecule has 1 heterocycles. The van der Waals surface area contributed by atoms with Gasteiger partial charge in [0, 0.05) is 29.5 Å². The molecular weight excluding hydrogens is 280 g/mol. The van der Waals surface area contributed by atoms with E-state index in [4.69, 9.17) is 0 Å². The van der Waals surface area contributed by atoms with E-state index in [-0.39, 0.29) is 0 Å². The summed E-state index contributed by atoms with van der Waals surface area (Å²) in [5.74, 6) is 0. The molecule has 0 unspecified atom stereocenters. The molecule has 0 amide bonds. The van der Waals surface area contributed by atoms with Gasteiger partial charge in [0.25, 0.3) is 0 Å². The second-order valence-corrected chi connectivity index (χ2v) is 5.21. The fraction of sp³-hybridized carbons (Fsp3) is 0.238. The van der Waals surface area contributed by atoms with Crippen LogP contribution in [-0.2, 0) is 0 Å². The van der Waals surface area contributed by atoms with Crippen LogP contribution in [0.2, 0.25) is 0 Å². The number of allylic oxidation sites excluding steroid dienone is 8. The third-order valence-corrected chi connectivity index (χ3v) is 3.83. The Morgan fingerprint density at radius 1 is 1.22 bits per heavy atom. The summed E-state index contributed by atoms with van der Waals surface area (Å²) in [6, 6.07) is 2.10. The summed E-state index contributed by atoms with van der Waals surface area (Å²) in [6.07, 6.45) is 15.1. The van der Waals surface area contributed by atoms with Crippen LogP contribution in [0.1, 0.15) is 27.2 Å². The fourth-order valence-electron chi connectivity index (χ4n) is 2.39. The molecule has 1 aromatic rings. The Morgan fingerprint density at radius 3 is 2.48 bits per heavy atom. The van der Waals surface area contributed by atoms with E-state index in [0.29, 0.717) is 0 Å². The van der Waals surface area contributed by atoms with E-state index in [9.17, 15) is 0 Å². The van der Waals surface area contributed by atoms with E-state index in [1.54, 1.807) is 0 Å². The van der Waals surface area contributed by atoms with Gasteiger partial charge in [0.2, 0.25) is 0 Å². The van der Waals surface area contributed by atoms with E-state index >= 15 is 0 Å². The maximum Gasteiger partial charge on any atom is 0.0413 e. The summed E-state index contributed by atoms with van der Waals surface area (Å²) in [4.78, 5) is 3.25. The molecule has 0 saturated heterocycles. The molecule has 0 aliphatic rings. The van der Waals surface area contributed by atoms with Gasteiger partial charge >= 0.3 is 0 Å². The normalized spacial score (nSPS) is 15.5. The molecule has 0 saturated carbocycles. The van der Waals surface area contributed by atoms with E-state index < -0.39 is 0 Å². The SMILES string of the molecule is C=CC(=C/C)/C(=C\C/C(C=C)=c1\cc[nH]\c1=C\C)/C=C(\C)NC. The first kappa shape index (κ1) is 18.6. The van der Waals surface area contributed by atoms with Crippen LogP contribution in [0, 0.1) is 0 Å². The Kier molecular flexibility index (Phi) is 7.69. The van der Waals surface area contributed by atoms with Crippen molar-refractivity contribution in [3.8, 4) is 0 Å². The highest BCUT2D eigenvalue weighted by molar-refractivity contribution is 5.59. The maximum atomic E-state index is 3.98. The van der Waals surface area contributed by atoms with Crippen LogP contribution in [0.4, 0.5) is 0 Å². The van der Waals surface area contributed by atoms with Gasteiger partial charge in [0.05, 0.1) is 0 Å². The molecule has 2 nitrogen and oxygen atoms in total. The number of H-pyrrole nitrogens is 1. The van der Waals surface area contributed by atoms with Crippen molar-refractivity contribution in [1.82, 2.24) is 10.3 Å². The summed E-state index contributed by atoms with van der Waals surface area (Å²) in [7, 11) is 1.93. The molecule has 0 radical (unpaired) electrons. The molecule has 0 aromatic carbocycles. The van der Waals surface area contributed by atoms with Gasteiger partial charge in [-0.05, 0) is 56.1 Å². The van der Waals surface area contributed by atoms with Gasteiger partial charge < -0.3 is 10.3 Å². The van der Waals surface area contributed by atoms with Crippen LogP contribution < -0.4 is 15.9 Å². The molecule has 2 N–H and O–H groups in total. The lowest BCUT2D eigenvalue weighted by atomic mass is 10.0. The molecule has 23 heavy (non-hydrogen) atoms. The average molecular weight is 308 g/mol. The second kappa shape index (κ2) is 9.52. The van der Waals surface area contributed by atoms with Gasteiger partial charge in [0.15, 0.2) is 0 Å². The van der Waals surface area contributed by atoms with E-state index in [1.165, 1.54) is 10.8 Å².